The second-order valence-electron chi connectivity index (χ2n) is 6.17. The molecule has 0 aliphatic heterocycles. The molecule has 0 spiro atoms. The SMILES string of the molecule is C=CCOc1ccc2ccccc2c1/C=[N+](\[O-])[C@@H](COC)c1ccccc1. The van der Waals surface area contributed by atoms with Crippen molar-refractivity contribution in [2.45, 2.75) is 6.04 Å². The molecular formula is C23H23NO3. The van der Waals surface area contributed by atoms with Crippen LogP contribution in [0.5, 0.6) is 5.75 Å². The quantitative estimate of drug-likeness (QED) is 0.192. The minimum atomic E-state index is -0.442. The van der Waals surface area contributed by atoms with E-state index in [1.807, 2.05) is 66.7 Å². The van der Waals surface area contributed by atoms with Gasteiger partial charge in [0, 0.05) is 12.7 Å². The van der Waals surface area contributed by atoms with Crippen molar-refractivity contribution in [3.05, 3.63) is 95.7 Å². The van der Waals surface area contributed by atoms with Crippen LogP contribution in [0.15, 0.2) is 79.4 Å². The van der Waals surface area contributed by atoms with Gasteiger partial charge in [0.1, 0.15) is 19.0 Å². The first-order valence-corrected chi connectivity index (χ1v) is 8.84. The molecule has 0 amide bonds. The molecule has 3 aromatic carbocycles. The first-order valence-electron chi connectivity index (χ1n) is 8.84. The number of benzene rings is 3. The van der Waals surface area contributed by atoms with Crippen LogP contribution in [0.2, 0.25) is 0 Å². The molecule has 0 bridgehead atoms. The zero-order chi connectivity index (χ0) is 19.1. The van der Waals surface area contributed by atoms with E-state index in [0.29, 0.717) is 12.4 Å². The van der Waals surface area contributed by atoms with Crippen LogP contribution in [0.25, 0.3) is 10.8 Å². The highest BCUT2D eigenvalue weighted by atomic mass is 16.5. The van der Waals surface area contributed by atoms with Gasteiger partial charge in [0.2, 0.25) is 6.04 Å². The van der Waals surface area contributed by atoms with Crippen LogP contribution in [0.1, 0.15) is 17.2 Å². The zero-order valence-electron chi connectivity index (χ0n) is 15.4. The molecular weight excluding hydrogens is 338 g/mol. The average Bonchev–Trinajstić information content (AvgIpc) is 2.72. The zero-order valence-corrected chi connectivity index (χ0v) is 15.4. The van der Waals surface area contributed by atoms with Gasteiger partial charge in [-0.2, -0.15) is 0 Å². The van der Waals surface area contributed by atoms with E-state index >= 15 is 0 Å². The summed E-state index contributed by atoms with van der Waals surface area (Å²) in [5.74, 6) is 0.652. The summed E-state index contributed by atoms with van der Waals surface area (Å²) in [4.78, 5) is 0. The van der Waals surface area contributed by atoms with E-state index in [-0.39, 0.29) is 6.61 Å². The number of hydrogen-bond acceptors (Lipinski definition) is 3. The molecule has 0 N–H and O–H groups in total. The Morgan fingerprint density at radius 2 is 1.78 bits per heavy atom. The van der Waals surface area contributed by atoms with E-state index in [4.69, 9.17) is 9.47 Å². The normalized spacial score (nSPS) is 12.7. The van der Waals surface area contributed by atoms with Gasteiger partial charge in [0.15, 0.2) is 6.21 Å². The van der Waals surface area contributed by atoms with Gasteiger partial charge in [-0.3, -0.25) is 0 Å². The molecule has 138 valence electrons. The third-order valence-electron chi connectivity index (χ3n) is 4.36. The van der Waals surface area contributed by atoms with Gasteiger partial charge in [-0.1, -0.05) is 73.3 Å². The molecule has 0 aliphatic rings. The van der Waals surface area contributed by atoms with Crippen molar-refractivity contribution in [1.82, 2.24) is 0 Å². The summed E-state index contributed by atoms with van der Waals surface area (Å²) in [5.41, 5.74) is 1.65. The smallest absolute Gasteiger partial charge is 0.211 e. The lowest BCUT2D eigenvalue weighted by molar-refractivity contribution is -0.507. The third kappa shape index (κ3) is 4.36. The number of ether oxygens (including phenoxy) is 2. The highest BCUT2D eigenvalue weighted by molar-refractivity contribution is 6.01. The predicted octanol–water partition coefficient (Wildman–Crippen LogP) is 4.72. The molecule has 0 unspecified atom stereocenters. The first kappa shape index (κ1) is 18.7. The number of rotatable bonds is 8. The monoisotopic (exact) mass is 361 g/mol. The van der Waals surface area contributed by atoms with Crippen molar-refractivity contribution < 1.29 is 14.2 Å². The summed E-state index contributed by atoms with van der Waals surface area (Å²) in [6.45, 7) is 4.36. The predicted molar refractivity (Wildman–Crippen MR) is 109 cm³/mol. The Morgan fingerprint density at radius 1 is 1.04 bits per heavy atom. The van der Waals surface area contributed by atoms with Crippen LogP contribution in [0.3, 0.4) is 0 Å². The Labute approximate surface area is 159 Å². The first-order chi connectivity index (χ1) is 13.2. The maximum Gasteiger partial charge on any atom is 0.211 e. The lowest BCUT2D eigenvalue weighted by Gasteiger charge is -2.18. The summed E-state index contributed by atoms with van der Waals surface area (Å²) in [5, 5.41) is 15.1. The molecule has 4 nitrogen and oxygen atoms in total. The largest absolute Gasteiger partial charge is 0.623 e. The van der Waals surface area contributed by atoms with E-state index < -0.39 is 6.04 Å². The van der Waals surface area contributed by atoms with Gasteiger partial charge in [0.05, 0.1) is 5.56 Å². The van der Waals surface area contributed by atoms with Crippen LogP contribution in [-0.2, 0) is 4.74 Å². The number of methoxy groups -OCH3 is 1. The molecule has 1 atom stereocenters. The third-order valence-corrected chi connectivity index (χ3v) is 4.36. The van der Waals surface area contributed by atoms with Crippen LogP contribution in [0, 0.1) is 5.21 Å². The maximum atomic E-state index is 13.1. The van der Waals surface area contributed by atoms with Gasteiger partial charge in [-0.25, -0.2) is 4.74 Å². The Bertz CT molecular complexity index is 935. The molecule has 4 heteroatoms. The van der Waals surface area contributed by atoms with E-state index in [0.717, 1.165) is 26.6 Å². The van der Waals surface area contributed by atoms with Crippen molar-refractivity contribution in [1.29, 1.82) is 0 Å². The minimum absolute atomic E-state index is 0.289. The molecule has 0 aliphatic carbocycles. The minimum Gasteiger partial charge on any atom is -0.623 e. The second kappa shape index (κ2) is 9.01. The number of hydrogen-bond donors (Lipinski definition) is 0. The van der Waals surface area contributed by atoms with Gasteiger partial charge in [-0.05, 0) is 16.8 Å². The standard InChI is InChI=1S/C23H23NO3/c1-3-15-27-23-14-13-18-9-7-8-12-20(18)21(23)16-24(25)22(17-26-2)19-10-5-4-6-11-19/h3-14,16,22H,1,15,17H2,2H3/b24-16-/t22-/m0/s1. The fourth-order valence-electron chi connectivity index (χ4n) is 3.05. The van der Waals surface area contributed by atoms with E-state index in [1.54, 1.807) is 19.4 Å². The fourth-order valence-corrected chi connectivity index (χ4v) is 3.05. The highest BCUT2D eigenvalue weighted by Gasteiger charge is 2.20. The van der Waals surface area contributed by atoms with Crippen molar-refractivity contribution in [3.8, 4) is 5.75 Å². The molecule has 27 heavy (non-hydrogen) atoms. The molecule has 0 aromatic heterocycles. The van der Waals surface area contributed by atoms with Crippen molar-refractivity contribution in [2.75, 3.05) is 20.3 Å². The number of fused-ring (bicyclic) bond motifs is 1. The van der Waals surface area contributed by atoms with Crippen LogP contribution in [0.4, 0.5) is 0 Å². The fraction of sp³-hybridized carbons (Fsp3) is 0.174. The van der Waals surface area contributed by atoms with Gasteiger partial charge in [-0.15, -0.1) is 0 Å². The Morgan fingerprint density at radius 3 is 2.52 bits per heavy atom. The molecule has 0 saturated carbocycles. The van der Waals surface area contributed by atoms with E-state index in [9.17, 15) is 5.21 Å². The summed E-state index contributed by atoms with van der Waals surface area (Å²) in [6.07, 6.45) is 3.28. The number of nitrogens with zero attached hydrogens (tertiary/aromatic N) is 1. The molecule has 0 heterocycles. The molecule has 3 rings (SSSR count). The molecule has 0 saturated heterocycles. The summed E-state index contributed by atoms with van der Waals surface area (Å²) in [7, 11) is 1.60. The topological polar surface area (TPSA) is 44.5 Å². The lowest BCUT2D eigenvalue weighted by atomic mass is 10.0. The summed E-state index contributed by atoms with van der Waals surface area (Å²) >= 11 is 0. The van der Waals surface area contributed by atoms with E-state index in [1.165, 1.54) is 0 Å². The maximum absolute atomic E-state index is 13.1. The summed E-state index contributed by atoms with van der Waals surface area (Å²) in [6, 6.07) is 21.0. The van der Waals surface area contributed by atoms with Crippen molar-refractivity contribution >= 4 is 17.0 Å². The molecule has 0 radical (unpaired) electrons. The van der Waals surface area contributed by atoms with Gasteiger partial charge in [0.25, 0.3) is 0 Å². The van der Waals surface area contributed by atoms with E-state index in [2.05, 4.69) is 6.58 Å². The average molecular weight is 361 g/mol. The van der Waals surface area contributed by atoms with Crippen LogP contribution in [-0.4, -0.2) is 31.3 Å². The van der Waals surface area contributed by atoms with Gasteiger partial charge >= 0.3 is 0 Å². The van der Waals surface area contributed by atoms with Crippen LogP contribution >= 0.6 is 0 Å². The van der Waals surface area contributed by atoms with Crippen molar-refractivity contribution in [2.24, 2.45) is 0 Å². The Balaban J connectivity index is 2.10. The Hall–Kier alpha value is -3.11. The van der Waals surface area contributed by atoms with Crippen LogP contribution < -0.4 is 4.74 Å². The van der Waals surface area contributed by atoms with Gasteiger partial charge < -0.3 is 14.7 Å². The molecule has 3 aromatic rings. The second-order valence-corrected chi connectivity index (χ2v) is 6.17. The molecule has 0 fully saturated rings. The number of hydroxylamine groups is 1. The van der Waals surface area contributed by atoms with Crippen molar-refractivity contribution in [3.63, 3.8) is 0 Å². The Kier molecular flexibility index (Phi) is 6.23. The lowest BCUT2D eigenvalue weighted by Crippen LogP contribution is -2.20. The highest BCUT2D eigenvalue weighted by Crippen LogP contribution is 2.27. The summed E-state index contributed by atoms with van der Waals surface area (Å²) < 4.78 is 12.0.